The van der Waals surface area contributed by atoms with Crippen molar-refractivity contribution in [2.45, 2.75) is 17.4 Å². The van der Waals surface area contributed by atoms with Crippen molar-refractivity contribution in [2.75, 3.05) is 11.6 Å². The van der Waals surface area contributed by atoms with Crippen LogP contribution in [0.4, 0.5) is 5.69 Å². The number of sulfone groups is 1. The van der Waals surface area contributed by atoms with Gasteiger partial charge in [0.25, 0.3) is 0 Å². The molecule has 1 amide bonds. The Hall–Kier alpha value is -3.84. The largest absolute Gasteiger partial charge is 0.326 e. The fraction of sp³-hybridized carbons (Fsp3) is 0.115. The van der Waals surface area contributed by atoms with Gasteiger partial charge in [-0.2, -0.15) is 0 Å². The molecule has 0 spiro atoms. The Bertz CT molecular complexity index is 1280. The molecule has 3 aromatic carbocycles. The van der Waals surface area contributed by atoms with Gasteiger partial charge in [-0.15, -0.1) is 10.2 Å². The van der Waals surface area contributed by atoms with Crippen LogP contribution >= 0.6 is 0 Å². The number of nitrogens with zero attached hydrogens (tertiary/aromatic N) is 2. The summed E-state index contributed by atoms with van der Waals surface area (Å²) in [5.41, 5.74) is 4.17. The molecule has 4 aromatic rings. The molecule has 0 aliphatic rings. The Balaban J connectivity index is 1.47. The smallest absolute Gasteiger partial charge is 0.225 e. The van der Waals surface area contributed by atoms with E-state index in [2.05, 4.69) is 15.5 Å². The summed E-state index contributed by atoms with van der Waals surface area (Å²) in [6.45, 7) is 0. The zero-order valence-corrected chi connectivity index (χ0v) is 18.9. The van der Waals surface area contributed by atoms with Crippen LogP contribution in [0.2, 0.25) is 0 Å². The quantitative estimate of drug-likeness (QED) is 0.434. The maximum atomic E-state index is 12.9. The molecule has 33 heavy (non-hydrogen) atoms. The van der Waals surface area contributed by atoms with Gasteiger partial charge in [-0.05, 0) is 35.4 Å². The summed E-state index contributed by atoms with van der Waals surface area (Å²) >= 11 is 0. The monoisotopic (exact) mass is 457 g/mol. The minimum absolute atomic E-state index is 0.0460. The van der Waals surface area contributed by atoms with E-state index >= 15 is 0 Å². The number of anilines is 1. The molecule has 0 aliphatic heterocycles. The van der Waals surface area contributed by atoms with Crippen LogP contribution in [0.3, 0.4) is 0 Å². The SMILES string of the molecule is CS(=O)(=O)c1ccc(-c2ccc(NC(=O)CC(c3ccccc3)c3ccccc3)cc2)nn1. The summed E-state index contributed by atoms with van der Waals surface area (Å²) in [6, 6.07) is 30.2. The minimum Gasteiger partial charge on any atom is -0.326 e. The first-order valence-electron chi connectivity index (χ1n) is 10.4. The van der Waals surface area contributed by atoms with E-state index in [-0.39, 0.29) is 16.9 Å². The van der Waals surface area contributed by atoms with Gasteiger partial charge in [0.2, 0.25) is 5.91 Å². The van der Waals surface area contributed by atoms with Gasteiger partial charge in [0, 0.05) is 29.8 Å². The van der Waals surface area contributed by atoms with Crippen molar-refractivity contribution in [3.63, 3.8) is 0 Å². The standard InChI is InChI=1S/C26H23N3O3S/c1-33(31,32)26-17-16-24(28-29-26)21-12-14-22(15-13-21)27-25(30)18-23(19-8-4-2-5-9-19)20-10-6-3-7-11-20/h2-17,23H,18H2,1H3,(H,27,30). The van der Waals surface area contributed by atoms with Crippen molar-refractivity contribution in [3.8, 4) is 11.3 Å². The Kier molecular flexibility index (Phi) is 6.60. The molecule has 1 aromatic heterocycles. The van der Waals surface area contributed by atoms with Crippen molar-refractivity contribution in [1.29, 1.82) is 0 Å². The highest BCUT2D eigenvalue weighted by Gasteiger charge is 2.18. The average Bonchev–Trinajstić information content (AvgIpc) is 2.84. The predicted molar refractivity (Wildman–Crippen MR) is 129 cm³/mol. The number of amides is 1. The van der Waals surface area contributed by atoms with Crippen LogP contribution in [0, 0.1) is 0 Å². The highest BCUT2D eigenvalue weighted by atomic mass is 32.2. The molecular formula is C26H23N3O3S. The van der Waals surface area contributed by atoms with Crippen molar-refractivity contribution in [1.82, 2.24) is 10.2 Å². The summed E-state index contributed by atoms with van der Waals surface area (Å²) in [5, 5.41) is 10.7. The Morgan fingerprint density at radius 2 is 1.36 bits per heavy atom. The molecule has 1 N–H and O–H groups in total. The third kappa shape index (κ3) is 5.70. The Morgan fingerprint density at radius 3 is 1.85 bits per heavy atom. The molecule has 0 saturated carbocycles. The molecule has 0 saturated heterocycles. The lowest BCUT2D eigenvalue weighted by atomic mass is 9.88. The van der Waals surface area contributed by atoms with Gasteiger partial charge in [-0.25, -0.2) is 8.42 Å². The molecule has 0 unspecified atom stereocenters. The first-order chi connectivity index (χ1) is 15.9. The van der Waals surface area contributed by atoms with Crippen LogP contribution in [0.25, 0.3) is 11.3 Å². The molecule has 6 nitrogen and oxygen atoms in total. The fourth-order valence-corrected chi connectivity index (χ4v) is 4.10. The van der Waals surface area contributed by atoms with E-state index in [1.807, 2.05) is 72.8 Å². The van der Waals surface area contributed by atoms with E-state index in [1.54, 1.807) is 18.2 Å². The molecule has 1 heterocycles. The van der Waals surface area contributed by atoms with Crippen LogP contribution < -0.4 is 5.32 Å². The van der Waals surface area contributed by atoms with Crippen LogP contribution in [0.15, 0.2) is 102 Å². The minimum atomic E-state index is -3.39. The molecule has 166 valence electrons. The van der Waals surface area contributed by atoms with Crippen molar-refractivity contribution in [3.05, 3.63) is 108 Å². The molecule has 0 fully saturated rings. The maximum Gasteiger partial charge on any atom is 0.225 e. The summed E-state index contributed by atoms with van der Waals surface area (Å²) in [7, 11) is -3.39. The van der Waals surface area contributed by atoms with E-state index in [0.717, 1.165) is 22.9 Å². The number of nitrogens with one attached hydrogen (secondary N) is 1. The molecule has 0 radical (unpaired) electrons. The third-order valence-corrected chi connectivity index (χ3v) is 6.26. The van der Waals surface area contributed by atoms with Gasteiger partial charge in [-0.3, -0.25) is 4.79 Å². The number of carbonyl (C=O) groups is 1. The highest BCUT2D eigenvalue weighted by molar-refractivity contribution is 7.90. The van der Waals surface area contributed by atoms with Crippen molar-refractivity contribution >= 4 is 21.4 Å². The summed E-state index contributed by atoms with van der Waals surface area (Å²) in [4.78, 5) is 12.9. The zero-order chi connectivity index (χ0) is 23.3. The fourth-order valence-electron chi connectivity index (χ4n) is 3.59. The van der Waals surface area contributed by atoms with Crippen molar-refractivity contribution < 1.29 is 13.2 Å². The molecule has 7 heteroatoms. The first kappa shape index (κ1) is 22.4. The van der Waals surface area contributed by atoms with Crippen molar-refractivity contribution in [2.24, 2.45) is 0 Å². The number of hydrogen-bond acceptors (Lipinski definition) is 5. The lowest BCUT2D eigenvalue weighted by Crippen LogP contribution is -2.16. The van der Waals surface area contributed by atoms with Crippen LogP contribution in [0.1, 0.15) is 23.5 Å². The summed E-state index contributed by atoms with van der Waals surface area (Å²) in [6.07, 6.45) is 1.41. The van der Waals surface area contributed by atoms with Gasteiger partial charge >= 0.3 is 0 Å². The summed E-state index contributed by atoms with van der Waals surface area (Å²) < 4.78 is 23.1. The summed E-state index contributed by atoms with van der Waals surface area (Å²) in [5.74, 6) is -0.131. The lowest BCUT2D eigenvalue weighted by Gasteiger charge is -2.18. The number of aromatic nitrogens is 2. The van der Waals surface area contributed by atoms with E-state index in [0.29, 0.717) is 17.8 Å². The normalized spacial score (nSPS) is 11.3. The molecule has 0 aliphatic carbocycles. The third-order valence-electron chi connectivity index (χ3n) is 5.28. The number of carbonyl (C=O) groups excluding carboxylic acids is 1. The van der Waals surface area contributed by atoms with Crippen LogP contribution in [-0.4, -0.2) is 30.8 Å². The van der Waals surface area contributed by atoms with E-state index < -0.39 is 9.84 Å². The molecule has 4 rings (SSSR count). The number of hydrogen-bond donors (Lipinski definition) is 1. The van der Waals surface area contributed by atoms with Gasteiger partial charge in [-0.1, -0.05) is 72.8 Å². The predicted octanol–water partition coefficient (Wildman–Crippen LogP) is 4.71. The van der Waals surface area contributed by atoms with Gasteiger partial charge in [0.05, 0.1) is 5.69 Å². The van der Waals surface area contributed by atoms with Gasteiger partial charge in [0.1, 0.15) is 0 Å². The average molecular weight is 458 g/mol. The van der Waals surface area contributed by atoms with Crippen LogP contribution in [0.5, 0.6) is 0 Å². The van der Waals surface area contributed by atoms with E-state index in [4.69, 9.17) is 0 Å². The topological polar surface area (TPSA) is 89.0 Å². The highest BCUT2D eigenvalue weighted by Crippen LogP contribution is 2.28. The Morgan fingerprint density at radius 1 is 0.788 bits per heavy atom. The Labute approximate surface area is 193 Å². The molecule has 0 atom stereocenters. The second-order valence-electron chi connectivity index (χ2n) is 7.73. The van der Waals surface area contributed by atoms with E-state index in [9.17, 15) is 13.2 Å². The molecule has 0 bridgehead atoms. The zero-order valence-electron chi connectivity index (χ0n) is 18.0. The molecular weight excluding hydrogens is 434 g/mol. The first-order valence-corrected chi connectivity index (χ1v) is 12.3. The number of rotatable bonds is 7. The van der Waals surface area contributed by atoms with E-state index in [1.165, 1.54) is 6.07 Å². The second kappa shape index (κ2) is 9.75. The second-order valence-corrected chi connectivity index (χ2v) is 9.70. The number of benzene rings is 3. The maximum absolute atomic E-state index is 12.9. The van der Waals surface area contributed by atoms with Gasteiger partial charge in [0.15, 0.2) is 14.9 Å². The van der Waals surface area contributed by atoms with Gasteiger partial charge < -0.3 is 5.32 Å². The lowest BCUT2D eigenvalue weighted by molar-refractivity contribution is -0.116. The van der Waals surface area contributed by atoms with Crippen LogP contribution in [-0.2, 0) is 14.6 Å².